The van der Waals surface area contributed by atoms with Crippen molar-refractivity contribution in [1.82, 2.24) is 0 Å². The number of nitrogens with two attached hydrogens (primary N) is 2. The third kappa shape index (κ3) is 14.7. The van der Waals surface area contributed by atoms with Crippen molar-refractivity contribution in [2.75, 3.05) is 9.80 Å². The Labute approximate surface area is 330 Å². The van der Waals surface area contributed by atoms with Crippen molar-refractivity contribution in [2.24, 2.45) is 32.3 Å². The van der Waals surface area contributed by atoms with Crippen LogP contribution in [0, 0.1) is 10.8 Å². The molecule has 0 aromatic heterocycles. The molecule has 1 rings (SSSR count). The Hall–Kier alpha value is -4.25. The number of carbonyl (C=O) groups is 4. The van der Waals surface area contributed by atoms with Crippen LogP contribution in [-0.4, -0.2) is 58.7 Å². The fraction of sp³-hybridized carbons (Fsp3) is 0.676. The highest BCUT2D eigenvalue weighted by Crippen LogP contribution is 2.59. The lowest BCUT2D eigenvalue weighted by atomic mass is 9.59. The van der Waals surface area contributed by atoms with Gasteiger partial charge in [0.15, 0.2) is 0 Å². The number of phosphoric ester groups is 1. The van der Waals surface area contributed by atoms with E-state index in [2.05, 4.69) is 9.98 Å². The summed E-state index contributed by atoms with van der Waals surface area (Å²) in [4.78, 5) is 88.1. The van der Waals surface area contributed by atoms with Crippen LogP contribution in [0.2, 0.25) is 0 Å². The van der Waals surface area contributed by atoms with Crippen molar-refractivity contribution in [3.8, 4) is 0 Å². The smallest absolute Gasteiger partial charge is 0.437 e. The van der Waals surface area contributed by atoms with Gasteiger partial charge in [0.25, 0.3) is 0 Å². The minimum atomic E-state index is -5.86. The first-order chi connectivity index (χ1) is 24.6. The predicted molar refractivity (Wildman–Crippen MR) is 209 cm³/mol. The average Bonchev–Trinajstić information content (AvgIpc) is 2.85. The lowest BCUT2D eigenvalue weighted by molar-refractivity contribution is -0.360. The number of guanidine groups is 2. The van der Waals surface area contributed by atoms with E-state index in [-0.39, 0.29) is 16.9 Å². The molecule has 19 heteroatoms. The van der Waals surface area contributed by atoms with Gasteiger partial charge >= 0.3 is 24.4 Å². The summed E-state index contributed by atoms with van der Waals surface area (Å²) in [6.07, 6.45) is -4.77. The number of aliphatic imine (C=N–C) groups is 2. The second kappa shape index (κ2) is 16.7. The van der Waals surface area contributed by atoms with Gasteiger partial charge in [0, 0.05) is 0 Å². The zero-order chi connectivity index (χ0) is 44.4. The van der Waals surface area contributed by atoms with Gasteiger partial charge in [-0.1, -0.05) is 41.5 Å². The molecule has 0 saturated heterocycles. The molecule has 1 aromatic carbocycles. The summed E-state index contributed by atoms with van der Waals surface area (Å²) in [7, 11) is -5.86. The van der Waals surface area contributed by atoms with Gasteiger partial charge in [-0.05, 0) is 118 Å². The predicted octanol–water partition coefficient (Wildman–Crippen LogP) is 6.80. The van der Waals surface area contributed by atoms with Gasteiger partial charge in [0.05, 0.1) is 19.2 Å². The Morgan fingerprint density at radius 1 is 0.554 bits per heavy atom. The Bertz CT molecular complexity index is 1640. The highest BCUT2D eigenvalue weighted by molar-refractivity contribution is 7.43. The van der Waals surface area contributed by atoms with Crippen molar-refractivity contribution in [3.63, 3.8) is 0 Å². The molecule has 0 atom stereocenters. The second-order valence-corrected chi connectivity index (χ2v) is 20.1. The minimum Gasteiger partial charge on any atom is -0.790 e. The first-order valence-corrected chi connectivity index (χ1v) is 19.1. The van der Waals surface area contributed by atoms with E-state index in [1.165, 1.54) is 12.1 Å². The number of phosphoric acid groups is 1. The Balaban J connectivity index is 4.80. The van der Waals surface area contributed by atoms with Crippen LogP contribution in [0.15, 0.2) is 28.2 Å². The molecule has 0 unspecified atom stereocenters. The second-order valence-electron chi connectivity index (χ2n) is 19.0. The lowest BCUT2D eigenvalue weighted by Gasteiger charge is -2.57. The van der Waals surface area contributed by atoms with Gasteiger partial charge < -0.3 is 49.3 Å². The van der Waals surface area contributed by atoms with Gasteiger partial charge in [-0.3, -0.25) is 0 Å². The summed E-state index contributed by atoms with van der Waals surface area (Å²) in [5.74, 6) is -1.57. The van der Waals surface area contributed by atoms with Crippen LogP contribution in [-0.2, 0) is 33.6 Å². The molecule has 0 aliphatic heterocycles. The number of benzene rings is 1. The molecule has 318 valence electrons. The number of ether oxygens (including phenoxy) is 4. The molecule has 0 aliphatic carbocycles. The van der Waals surface area contributed by atoms with Crippen LogP contribution in [0.25, 0.3) is 0 Å². The standard InChI is InChI=1S/C37H63N6O12P/c1-31(2,3)37(32(4,5)6,55-56(48,49)50)22-19-23(42(29(46)53-35(13,14)15)25(38)40-27(44)51-33(7,8)9)21-24(20-22)43(30(47)54-36(16,17)18)26(39)41-28(45)52-34(10,11)12/h19-21H,1-18H3,(H2,38,40,44)(H2,39,41,45)(H2,48,49,50)/p-2. The van der Waals surface area contributed by atoms with Gasteiger partial charge in [-0.25, -0.2) is 29.0 Å². The topological polar surface area (TPSA) is 261 Å². The van der Waals surface area contributed by atoms with Gasteiger partial charge in [-0.2, -0.15) is 0 Å². The minimum absolute atomic E-state index is 0.130. The van der Waals surface area contributed by atoms with Crippen LogP contribution in [0.5, 0.6) is 0 Å². The van der Waals surface area contributed by atoms with Crippen molar-refractivity contribution >= 4 is 55.5 Å². The molecule has 0 saturated carbocycles. The molecule has 0 bridgehead atoms. The number of hydrogen-bond donors (Lipinski definition) is 2. The molecule has 0 aliphatic rings. The molecule has 18 nitrogen and oxygen atoms in total. The van der Waals surface area contributed by atoms with E-state index in [1.807, 2.05) is 0 Å². The van der Waals surface area contributed by atoms with Gasteiger partial charge in [-0.15, -0.1) is 9.98 Å². The Morgan fingerprint density at radius 2 is 0.839 bits per heavy atom. The number of rotatable bonds is 5. The first-order valence-electron chi connectivity index (χ1n) is 17.7. The normalized spacial score (nSPS) is 14.1. The highest BCUT2D eigenvalue weighted by atomic mass is 31.2. The molecule has 1 aromatic rings. The largest absolute Gasteiger partial charge is 0.790 e. The molecular weight excluding hydrogens is 751 g/mol. The maximum absolute atomic E-state index is 14.1. The highest BCUT2D eigenvalue weighted by Gasteiger charge is 2.54. The summed E-state index contributed by atoms with van der Waals surface area (Å²) in [5.41, 5.74) is 2.94. The third-order valence-corrected chi connectivity index (χ3v) is 7.49. The molecule has 4 N–H and O–H groups in total. The zero-order valence-electron chi connectivity index (χ0n) is 36.0. The van der Waals surface area contributed by atoms with Gasteiger partial charge in [0.2, 0.25) is 11.9 Å². The number of carbonyl (C=O) groups excluding carboxylic acids is 4. The van der Waals surface area contributed by atoms with E-state index in [0.717, 1.165) is 6.07 Å². The molecule has 0 radical (unpaired) electrons. The monoisotopic (exact) mass is 812 g/mol. The number of amides is 4. The fourth-order valence-corrected chi connectivity index (χ4v) is 6.66. The molecule has 0 spiro atoms. The van der Waals surface area contributed by atoms with Crippen molar-refractivity contribution < 1.29 is 57.0 Å². The van der Waals surface area contributed by atoms with Crippen LogP contribution >= 0.6 is 7.82 Å². The lowest BCUT2D eigenvalue weighted by Crippen LogP contribution is -2.53. The summed E-state index contributed by atoms with van der Waals surface area (Å²) >= 11 is 0. The quantitative estimate of drug-likeness (QED) is 0.134. The van der Waals surface area contributed by atoms with E-state index < -0.39 is 83.0 Å². The van der Waals surface area contributed by atoms with Crippen molar-refractivity contribution in [1.29, 1.82) is 0 Å². The Morgan fingerprint density at radius 3 is 1.07 bits per heavy atom. The van der Waals surface area contributed by atoms with E-state index in [9.17, 15) is 33.5 Å². The summed E-state index contributed by atoms with van der Waals surface area (Å²) in [5, 5.41) is 0. The summed E-state index contributed by atoms with van der Waals surface area (Å²) < 4.78 is 40.1. The van der Waals surface area contributed by atoms with Crippen LogP contribution in [0.3, 0.4) is 0 Å². The molecule has 0 fully saturated rings. The van der Waals surface area contributed by atoms with Crippen molar-refractivity contribution in [2.45, 2.75) is 153 Å². The number of nitrogens with zero attached hydrogens (tertiary/aromatic N) is 4. The van der Waals surface area contributed by atoms with Crippen LogP contribution < -0.4 is 31.1 Å². The van der Waals surface area contributed by atoms with E-state index >= 15 is 0 Å². The molecular formula is C37H61N6O12P-2. The SMILES string of the molecule is CC(C)(C)OC(=O)N=C(N)N(C(=O)OC(C)(C)C)c1cc(N(C(=O)OC(C)(C)C)C(N)=NC(=O)OC(C)(C)C)cc(C(OP(=O)([O-])[O-])(C(C)(C)C)C(C)(C)C)c1. The average molecular weight is 813 g/mol. The van der Waals surface area contributed by atoms with E-state index in [1.54, 1.807) is 125 Å². The zero-order valence-corrected chi connectivity index (χ0v) is 36.9. The number of hydrogen-bond acceptors (Lipinski definition) is 12. The van der Waals surface area contributed by atoms with E-state index in [4.69, 9.17) is 34.9 Å². The molecule has 0 heterocycles. The van der Waals surface area contributed by atoms with Crippen molar-refractivity contribution in [3.05, 3.63) is 23.8 Å². The van der Waals surface area contributed by atoms with E-state index in [0.29, 0.717) is 9.80 Å². The van der Waals surface area contributed by atoms with Crippen LogP contribution in [0.1, 0.15) is 130 Å². The summed E-state index contributed by atoms with van der Waals surface area (Å²) in [6.45, 7) is 28.5. The number of anilines is 2. The fourth-order valence-electron chi connectivity index (χ4n) is 5.68. The summed E-state index contributed by atoms with van der Waals surface area (Å²) in [6, 6.07) is 3.63. The van der Waals surface area contributed by atoms with Gasteiger partial charge in [0.1, 0.15) is 28.0 Å². The third-order valence-electron chi connectivity index (χ3n) is 7.00. The van der Waals surface area contributed by atoms with Crippen LogP contribution in [0.4, 0.5) is 30.6 Å². The molecule has 4 amide bonds. The maximum Gasteiger partial charge on any atom is 0.437 e. The maximum atomic E-state index is 14.1. The first kappa shape index (κ1) is 49.8. The molecule has 56 heavy (non-hydrogen) atoms. The Kier molecular flexibility index (Phi) is 14.8.